The van der Waals surface area contributed by atoms with Gasteiger partial charge in [0.1, 0.15) is 5.75 Å². The van der Waals surface area contributed by atoms with E-state index in [1.807, 2.05) is 0 Å². The molecule has 2 rings (SSSR count). The van der Waals surface area contributed by atoms with Crippen molar-refractivity contribution in [3.8, 4) is 5.75 Å². The topological polar surface area (TPSA) is 40.5 Å². The molecule has 0 aromatic heterocycles. The third-order valence-corrected chi connectivity index (χ3v) is 11.4. The minimum atomic E-state index is -0.171. The van der Waals surface area contributed by atoms with Crippen LogP contribution in [0.3, 0.4) is 0 Å². The molecule has 2 aromatic carbocycles. The molecule has 3 unspecified atom stereocenters. The molecule has 3 heteroatoms. The van der Waals surface area contributed by atoms with E-state index in [9.17, 15) is 10.2 Å². The Bertz CT molecular complexity index is 1050. The molecule has 0 radical (unpaired) electrons. The number of aryl methyl sites for hydroxylation is 1. The van der Waals surface area contributed by atoms with Gasteiger partial charge in [-0.15, -0.1) is 0 Å². The second-order valence-electron chi connectivity index (χ2n) is 13.6. The predicted octanol–water partition coefficient (Wildman–Crippen LogP) is 10.2. The van der Waals surface area contributed by atoms with Crippen LogP contribution in [0.25, 0.3) is 0 Å². The monoisotopic (exact) mass is 554 g/mol. The van der Waals surface area contributed by atoms with E-state index < -0.39 is 0 Å². The fourth-order valence-electron chi connectivity index (χ4n) is 5.88. The Kier molecular flexibility index (Phi) is 12.6. The van der Waals surface area contributed by atoms with Crippen LogP contribution in [0.15, 0.2) is 30.3 Å². The van der Waals surface area contributed by atoms with Crippen LogP contribution in [0, 0.1) is 12.8 Å². The lowest BCUT2D eigenvalue weighted by Gasteiger charge is -2.40. The van der Waals surface area contributed by atoms with Crippen LogP contribution >= 0.6 is 8.58 Å². The summed E-state index contributed by atoms with van der Waals surface area (Å²) in [7, 11) is 0.487. The summed E-state index contributed by atoms with van der Waals surface area (Å²) < 4.78 is 0. The van der Waals surface area contributed by atoms with Gasteiger partial charge in [0.05, 0.1) is 6.61 Å². The first-order chi connectivity index (χ1) is 18.3. The number of aromatic hydroxyl groups is 1. The summed E-state index contributed by atoms with van der Waals surface area (Å²) in [4.78, 5) is 0. The van der Waals surface area contributed by atoms with Crippen LogP contribution < -0.4 is 5.30 Å². The van der Waals surface area contributed by atoms with E-state index in [0.717, 1.165) is 36.0 Å². The normalized spacial score (nSPS) is 15.2. The molecular weight excluding hydrogens is 495 g/mol. The van der Waals surface area contributed by atoms with E-state index in [1.54, 1.807) is 0 Å². The Hall–Kier alpha value is -1.37. The number of hydrogen-bond acceptors (Lipinski definition) is 2. The van der Waals surface area contributed by atoms with E-state index in [2.05, 4.69) is 99.6 Å². The molecule has 0 bridgehead atoms. The standard InChI is InChI=1S/C36H59O2P/c1-11-14-16-18-27(5)35(9,10)30-23-29(34(6,7)8)24-31(33(30)38)36(13-3,21-17-15-12-2)39-32-20-19-26(4)22-28(32)25-37/h19-20,22-24,27,37-39H,11-18,21,25H2,1-10H3. The summed E-state index contributed by atoms with van der Waals surface area (Å²) in [6, 6.07) is 11.2. The zero-order chi connectivity index (χ0) is 29.4. The number of benzene rings is 2. The molecular formula is C36H59O2P. The van der Waals surface area contributed by atoms with E-state index >= 15 is 0 Å². The highest BCUT2D eigenvalue weighted by Gasteiger charge is 2.39. The van der Waals surface area contributed by atoms with E-state index in [1.165, 1.54) is 55.0 Å². The summed E-state index contributed by atoms with van der Waals surface area (Å²) in [5, 5.41) is 23.6. The molecule has 2 aromatic rings. The van der Waals surface area contributed by atoms with Gasteiger partial charge in [-0.25, -0.2) is 0 Å². The second kappa shape index (κ2) is 14.5. The van der Waals surface area contributed by atoms with Gasteiger partial charge >= 0.3 is 0 Å². The Morgan fingerprint density at radius 3 is 2.03 bits per heavy atom. The summed E-state index contributed by atoms with van der Waals surface area (Å²) in [5.74, 6) is 0.980. The molecule has 3 atom stereocenters. The molecule has 0 amide bonds. The molecule has 39 heavy (non-hydrogen) atoms. The third-order valence-electron chi connectivity index (χ3n) is 9.27. The van der Waals surface area contributed by atoms with Gasteiger partial charge in [0, 0.05) is 16.3 Å². The number of aliphatic hydroxyl groups excluding tert-OH is 1. The lowest BCUT2D eigenvalue weighted by atomic mass is 9.69. The lowest BCUT2D eigenvalue weighted by Crippen LogP contribution is -2.30. The van der Waals surface area contributed by atoms with E-state index in [4.69, 9.17) is 0 Å². The molecule has 0 spiro atoms. The van der Waals surface area contributed by atoms with Crippen molar-refractivity contribution in [2.24, 2.45) is 5.92 Å². The van der Waals surface area contributed by atoms with Crippen molar-refractivity contribution in [2.45, 2.75) is 150 Å². The Labute approximate surface area is 243 Å². The number of unbranched alkanes of at least 4 members (excludes halogenated alkanes) is 4. The third kappa shape index (κ3) is 8.33. The van der Waals surface area contributed by atoms with Crippen LogP contribution in [0.2, 0.25) is 0 Å². The van der Waals surface area contributed by atoms with Crippen molar-refractivity contribution >= 4 is 13.9 Å². The molecule has 0 aliphatic heterocycles. The van der Waals surface area contributed by atoms with Crippen molar-refractivity contribution in [3.05, 3.63) is 58.1 Å². The zero-order valence-electron chi connectivity index (χ0n) is 26.9. The summed E-state index contributed by atoms with van der Waals surface area (Å²) in [6.45, 7) is 22.9. The molecule has 0 saturated carbocycles. The maximum Gasteiger partial charge on any atom is 0.123 e. The molecule has 0 aliphatic rings. The van der Waals surface area contributed by atoms with Gasteiger partial charge in [-0.05, 0) is 59.4 Å². The van der Waals surface area contributed by atoms with Gasteiger partial charge in [-0.1, -0.05) is 145 Å². The van der Waals surface area contributed by atoms with Crippen LogP contribution in [0.4, 0.5) is 0 Å². The lowest BCUT2D eigenvalue weighted by molar-refractivity contribution is 0.283. The molecule has 0 saturated heterocycles. The Balaban J connectivity index is 2.81. The van der Waals surface area contributed by atoms with Gasteiger partial charge in [-0.2, -0.15) is 0 Å². The van der Waals surface area contributed by atoms with Gasteiger partial charge in [0.15, 0.2) is 0 Å². The molecule has 0 fully saturated rings. The maximum absolute atomic E-state index is 12.3. The smallest absolute Gasteiger partial charge is 0.123 e. The first kappa shape index (κ1) is 33.8. The van der Waals surface area contributed by atoms with Crippen molar-refractivity contribution < 1.29 is 10.2 Å². The summed E-state index contributed by atoms with van der Waals surface area (Å²) >= 11 is 0. The second-order valence-corrected chi connectivity index (χ2v) is 15.4. The van der Waals surface area contributed by atoms with Gasteiger partial charge in [0.2, 0.25) is 0 Å². The highest BCUT2D eigenvalue weighted by Crippen LogP contribution is 2.54. The first-order valence-electron chi connectivity index (χ1n) is 15.6. The van der Waals surface area contributed by atoms with Crippen LogP contribution in [-0.2, 0) is 22.6 Å². The summed E-state index contributed by atoms with van der Waals surface area (Å²) in [6.07, 6.45) is 10.4. The largest absolute Gasteiger partial charge is 0.507 e. The molecule has 0 aliphatic carbocycles. The van der Waals surface area contributed by atoms with Crippen molar-refractivity contribution in [1.82, 2.24) is 0 Å². The van der Waals surface area contributed by atoms with Crippen LogP contribution in [0.5, 0.6) is 5.75 Å². The number of phenols is 1. The fraction of sp³-hybridized carbons (Fsp3) is 0.667. The van der Waals surface area contributed by atoms with Crippen LogP contribution in [0.1, 0.15) is 148 Å². The quantitative estimate of drug-likeness (QED) is 0.170. The highest BCUT2D eigenvalue weighted by atomic mass is 31.1. The number of phenolic OH excluding ortho intramolecular Hbond substituents is 1. The van der Waals surface area contributed by atoms with Crippen molar-refractivity contribution in [2.75, 3.05) is 0 Å². The minimum absolute atomic E-state index is 0.0230. The number of rotatable bonds is 15. The molecule has 2 N–H and O–H groups in total. The van der Waals surface area contributed by atoms with Gasteiger partial charge in [0.25, 0.3) is 0 Å². The number of hydrogen-bond donors (Lipinski definition) is 2. The average molecular weight is 555 g/mol. The highest BCUT2D eigenvalue weighted by molar-refractivity contribution is 7.48. The van der Waals surface area contributed by atoms with Crippen molar-refractivity contribution in [3.63, 3.8) is 0 Å². The summed E-state index contributed by atoms with van der Waals surface area (Å²) in [5.41, 5.74) is 5.59. The molecule has 2 nitrogen and oxygen atoms in total. The minimum Gasteiger partial charge on any atom is -0.507 e. The predicted molar refractivity (Wildman–Crippen MR) is 174 cm³/mol. The van der Waals surface area contributed by atoms with Gasteiger partial charge < -0.3 is 10.2 Å². The molecule has 220 valence electrons. The van der Waals surface area contributed by atoms with Crippen molar-refractivity contribution in [1.29, 1.82) is 0 Å². The fourth-order valence-corrected chi connectivity index (χ4v) is 7.68. The first-order valence-corrected chi connectivity index (χ1v) is 16.6. The van der Waals surface area contributed by atoms with E-state index in [0.29, 0.717) is 20.2 Å². The SMILES string of the molecule is CCCCCC(C)C(C)(C)c1cc(C(C)(C)C)cc(C(CC)(CCCCC)Pc2ccc(C)cc2CO)c1O. The zero-order valence-corrected chi connectivity index (χ0v) is 27.9. The number of aliphatic hydroxyl groups is 1. The average Bonchev–Trinajstić information content (AvgIpc) is 2.88. The Morgan fingerprint density at radius 1 is 0.846 bits per heavy atom. The van der Waals surface area contributed by atoms with Crippen LogP contribution in [-0.4, -0.2) is 10.2 Å². The maximum atomic E-state index is 12.3. The molecule has 0 heterocycles. The van der Waals surface area contributed by atoms with E-state index in [-0.39, 0.29) is 22.6 Å². The van der Waals surface area contributed by atoms with Gasteiger partial charge in [-0.3, -0.25) is 0 Å². The Morgan fingerprint density at radius 2 is 1.46 bits per heavy atom.